The van der Waals surface area contributed by atoms with Crippen molar-refractivity contribution < 1.29 is 4.74 Å². The minimum atomic E-state index is 0.270. The normalized spacial score (nSPS) is 12.1. The third kappa shape index (κ3) is 4.08. The average Bonchev–Trinajstić information content (AvgIpc) is 2.52. The van der Waals surface area contributed by atoms with Crippen molar-refractivity contribution in [1.82, 2.24) is 5.32 Å². The van der Waals surface area contributed by atoms with E-state index in [0.717, 1.165) is 18.7 Å². The van der Waals surface area contributed by atoms with Gasteiger partial charge in [0.15, 0.2) is 0 Å². The Balaban J connectivity index is 2.13. The molecular formula is C17H22N2O. The molecule has 0 saturated heterocycles. The molecule has 2 aromatic carbocycles. The number of nitrogens with one attached hydrogen (secondary N) is 1. The highest BCUT2D eigenvalue weighted by Gasteiger charge is 2.11. The fourth-order valence-corrected chi connectivity index (χ4v) is 2.25. The van der Waals surface area contributed by atoms with Crippen molar-refractivity contribution >= 4 is 0 Å². The lowest BCUT2D eigenvalue weighted by molar-refractivity contribution is 0.414. The first-order chi connectivity index (χ1) is 9.83. The van der Waals surface area contributed by atoms with Crippen molar-refractivity contribution in [2.45, 2.75) is 12.5 Å². The zero-order chi connectivity index (χ0) is 14.2. The molecule has 2 aromatic rings. The Hall–Kier alpha value is -1.84. The fraction of sp³-hybridized carbons (Fsp3) is 0.294. The van der Waals surface area contributed by atoms with Gasteiger partial charge in [0, 0.05) is 19.1 Å². The third-order valence-corrected chi connectivity index (χ3v) is 3.34. The van der Waals surface area contributed by atoms with E-state index in [0.29, 0.717) is 6.54 Å². The molecule has 1 atom stereocenters. The molecule has 0 heterocycles. The van der Waals surface area contributed by atoms with E-state index in [1.165, 1.54) is 11.1 Å². The summed E-state index contributed by atoms with van der Waals surface area (Å²) in [6.45, 7) is 1.45. The van der Waals surface area contributed by atoms with Gasteiger partial charge in [-0.15, -0.1) is 0 Å². The number of nitrogens with two attached hydrogens (primary N) is 1. The molecule has 2 rings (SSSR count). The fourth-order valence-electron chi connectivity index (χ4n) is 2.25. The highest BCUT2D eigenvalue weighted by Crippen LogP contribution is 2.21. The molecule has 3 N–H and O–H groups in total. The standard InChI is InChI=1S/C17H22N2O/c1-20-16-9-7-15(8-10-16)17(19-12-11-18)13-14-5-3-2-4-6-14/h2-10,17,19H,11-13,18H2,1H3/t17-/m0/s1. The number of rotatable bonds is 7. The molecule has 0 unspecified atom stereocenters. The Morgan fingerprint density at radius 1 is 1.05 bits per heavy atom. The van der Waals surface area contributed by atoms with Crippen LogP contribution in [-0.2, 0) is 6.42 Å². The molecule has 0 aromatic heterocycles. The highest BCUT2D eigenvalue weighted by atomic mass is 16.5. The van der Waals surface area contributed by atoms with Crippen LogP contribution >= 0.6 is 0 Å². The maximum atomic E-state index is 5.61. The lowest BCUT2D eigenvalue weighted by atomic mass is 9.98. The second kappa shape index (κ2) is 7.68. The predicted octanol–water partition coefficient (Wildman–Crippen LogP) is 2.53. The predicted molar refractivity (Wildman–Crippen MR) is 82.9 cm³/mol. The summed E-state index contributed by atoms with van der Waals surface area (Å²) in [4.78, 5) is 0. The molecule has 0 aliphatic heterocycles. The van der Waals surface area contributed by atoms with E-state index < -0.39 is 0 Å². The minimum Gasteiger partial charge on any atom is -0.497 e. The minimum absolute atomic E-state index is 0.270. The number of benzene rings is 2. The van der Waals surface area contributed by atoms with Gasteiger partial charge in [-0.25, -0.2) is 0 Å². The van der Waals surface area contributed by atoms with Crippen molar-refractivity contribution in [1.29, 1.82) is 0 Å². The molecule has 0 bridgehead atoms. The third-order valence-electron chi connectivity index (χ3n) is 3.34. The van der Waals surface area contributed by atoms with Gasteiger partial charge in [0.1, 0.15) is 5.75 Å². The highest BCUT2D eigenvalue weighted by molar-refractivity contribution is 5.30. The Bertz CT molecular complexity index is 496. The van der Waals surface area contributed by atoms with Gasteiger partial charge in [0.2, 0.25) is 0 Å². The van der Waals surface area contributed by atoms with Gasteiger partial charge in [-0.1, -0.05) is 42.5 Å². The Morgan fingerprint density at radius 2 is 1.75 bits per heavy atom. The van der Waals surface area contributed by atoms with E-state index in [9.17, 15) is 0 Å². The molecule has 0 spiro atoms. The zero-order valence-electron chi connectivity index (χ0n) is 11.9. The van der Waals surface area contributed by atoms with E-state index in [1.807, 2.05) is 18.2 Å². The van der Waals surface area contributed by atoms with Crippen LogP contribution < -0.4 is 15.8 Å². The van der Waals surface area contributed by atoms with Gasteiger partial charge in [0.05, 0.1) is 7.11 Å². The van der Waals surface area contributed by atoms with Crippen molar-refractivity contribution in [3.05, 3.63) is 65.7 Å². The Morgan fingerprint density at radius 3 is 2.35 bits per heavy atom. The smallest absolute Gasteiger partial charge is 0.118 e. The molecular weight excluding hydrogens is 248 g/mol. The lowest BCUT2D eigenvalue weighted by Crippen LogP contribution is -2.28. The van der Waals surface area contributed by atoms with E-state index >= 15 is 0 Å². The summed E-state index contributed by atoms with van der Waals surface area (Å²) in [6, 6.07) is 19.0. The van der Waals surface area contributed by atoms with Crippen molar-refractivity contribution in [2.24, 2.45) is 5.73 Å². The van der Waals surface area contributed by atoms with Crippen LogP contribution in [-0.4, -0.2) is 20.2 Å². The first-order valence-electron chi connectivity index (χ1n) is 6.95. The molecule has 0 radical (unpaired) electrons. The number of methoxy groups -OCH3 is 1. The monoisotopic (exact) mass is 270 g/mol. The van der Waals surface area contributed by atoms with Gasteiger partial charge in [-0.3, -0.25) is 0 Å². The van der Waals surface area contributed by atoms with Crippen LogP contribution in [0.3, 0.4) is 0 Å². The molecule has 106 valence electrons. The summed E-state index contributed by atoms with van der Waals surface area (Å²) in [5, 5.41) is 3.51. The van der Waals surface area contributed by atoms with Crippen LogP contribution in [0.4, 0.5) is 0 Å². The number of ether oxygens (including phenoxy) is 1. The van der Waals surface area contributed by atoms with E-state index in [1.54, 1.807) is 7.11 Å². The average molecular weight is 270 g/mol. The van der Waals surface area contributed by atoms with Crippen LogP contribution in [0.25, 0.3) is 0 Å². The summed E-state index contributed by atoms with van der Waals surface area (Å²) in [5.74, 6) is 0.881. The number of hydrogen-bond donors (Lipinski definition) is 2. The topological polar surface area (TPSA) is 47.3 Å². The van der Waals surface area contributed by atoms with Crippen LogP contribution in [0.2, 0.25) is 0 Å². The second-order valence-corrected chi connectivity index (χ2v) is 4.76. The van der Waals surface area contributed by atoms with Crippen molar-refractivity contribution in [3.63, 3.8) is 0 Å². The van der Waals surface area contributed by atoms with Crippen LogP contribution in [0, 0.1) is 0 Å². The van der Waals surface area contributed by atoms with Crippen LogP contribution in [0.1, 0.15) is 17.2 Å². The molecule has 0 amide bonds. The summed E-state index contributed by atoms with van der Waals surface area (Å²) >= 11 is 0. The van der Waals surface area contributed by atoms with E-state index in [-0.39, 0.29) is 6.04 Å². The van der Waals surface area contributed by atoms with Gasteiger partial charge < -0.3 is 15.8 Å². The maximum Gasteiger partial charge on any atom is 0.118 e. The summed E-state index contributed by atoms with van der Waals surface area (Å²) in [7, 11) is 1.68. The van der Waals surface area contributed by atoms with Crippen molar-refractivity contribution in [3.8, 4) is 5.75 Å². The molecule has 0 saturated carbocycles. The summed E-state index contributed by atoms with van der Waals surface area (Å²) < 4.78 is 5.21. The van der Waals surface area contributed by atoms with Gasteiger partial charge in [0.25, 0.3) is 0 Å². The number of hydrogen-bond acceptors (Lipinski definition) is 3. The van der Waals surface area contributed by atoms with Crippen molar-refractivity contribution in [2.75, 3.05) is 20.2 Å². The van der Waals surface area contributed by atoms with Gasteiger partial charge in [-0.2, -0.15) is 0 Å². The maximum absolute atomic E-state index is 5.61. The second-order valence-electron chi connectivity index (χ2n) is 4.76. The zero-order valence-corrected chi connectivity index (χ0v) is 11.9. The van der Waals surface area contributed by atoms with E-state index in [2.05, 4.69) is 41.7 Å². The summed E-state index contributed by atoms with van der Waals surface area (Å²) in [5.41, 5.74) is 8.18. The Labute approximate surface area is 120 Å². The largest absolute Gasteiger partial charge is 0.497 e. The van der Waals surface area contributed by atoms with Gasteiger partial charge >= 0.3 is 0 Å². The quantitative estimate of drug-likeness (QED) is 0.812. The summed E-state index contributed by atoms with van der Waals surface area (Å²) in [6.07, 6.45) is 0.952. The van der Waals surface area contributed by atoms with Gasteiger partial charge in [-0.05, 0) is 29.7 Å². The first kappa shape index (κ1) is 14.6. The Kier molecular flexibility index (Phi) is 5.59. The molecule has 20 heavy (non-hydrogen) atoms. The molecule has 0 aliphatic carbocycles. The molecule has 3 nitrogen and oxygen atoms in total. The van der Waals surface area contributed by atoms with Crippen LogP contribution in [0.5, 0.6) is 5.75 Å². The first-order valence-corrected chi connectivity index (χ1v) is 6.95. The van der Waals surface area contributed by atoms with Crippen LogP contribution in [0.15, 0.2) is 54.6 Å². The molecule has 0 fully saturated rings. The SMILES string of the molecule is COc1ccc([C@H](Cc2ccccc2)NCCN)cc1. The molecule has 0 aliphatic rings. The van der Waals surface area contributed by atoms with E-state index in [4.69, 9.17) is 10.5 Å². The molecule has 3 heteroatoms. The lowest BCUT2D eigenvalue weighted by Gasteiger charge is -2.19.